The number of carbonyl (C=O) groups is 2. The molecule has 2 amide bonds. The Labute approximate surface area is 165 Å². The topological polar surface area (TPSA) is 65.1 Å². The summed E-state index contributed by atoms with van der Waals surface area (Å²) >= 11 is 6.72. The third-order valence-corrected chi connectivity index (χ3v) is 5.03. The van der Waals surface area contributed by atoms with E-state index >= 15 is 0 Å². The number of imide groups is 1. The number of ether oxygens (including phenoxy) is 3. The predicted octanol–water partition coefficient (Wildman–Crippen LogP) is 4.61. The molecule has 0 aromatic heterocycles. The number of benzene rings is 2. The molecule has 8 heteroatoms. The van der Waals surface area contributed by atoms with Crippen molar-refractivity contribution >= 4 is 46.3 Å². The van der Waals surface area contributed by atoms with Crippen LogP contribution in [0.4, 0.5) is 10.5 Å². The van der Waals surface area contributed by atoms with Crippen molar-refractivity contribution in [3.63, 3.8) is 0 Å². The highest BCUT2D eigenvalue weighted by atomic mass is 35.5. The van der Waals surface area contributed by atoms with E-state index < -0.39 is 5.91 Å². The maximum absolute atomic E-state index is 12.8. The van der Waals surface area contributed by atoms with Crippen LogP contribution in [0.3, 0.4) is 0 Å². The first kappa shape index (κ1) is 19.1. The zero-order chi connectivity index (χ0) is 19.6. The average Bonchev–Trinajstić information content (AvgIpc) is 2.96. The molecule has 0 atom stereocenters. The first-order valence-electron chi connectivity index (χ1n) is 7.82. The van der Waals surface area contributed by atoms with E-state index in [-0.39, 0.29) is 10.1 Å². The molecule has 0 radical (unpaired) electrons. The second kappa shape index (κ2) is 7.94. The number of rotatable bonds is 5. The summed E-state index contributed by atoms with van der Waals surface area (Å²) < 4.78 is 16.0. The van der Waals surface area contributed by atoms with Crippen molar-refractivity contribution in [2.75, 3.05) is 26.2 Å². The fraction of sp³-hybridized carbons (Fsp3) is 0.158. The zero-order valence-electron chi connectivity index (χ0n) is 14.8. The summed E-state index contributed by atoms with van der Waals surface area (Å²) in [4.78, 5) is 26.6. The van der Waals surface area contributed by atoms with E-state index in [0.29, 0.717) is 33.5 Å². The molecular weight excluding hydrogens is 390 g/mol. The minimum Gasteiger partial charge on any atom is -0.496 e. The molecule has 3 rings (SSSR count). The van der Waals surface area contributed by atoms with Crippen molar-refractivity contribution in [2.45, 2.75) is 0 Å². The van der Waals surface area contributed by atoms with Crippen LogP contribution in [0.25, 0.3) is 6.08 Å². The summed E-state index contributed by atoms with van der Waals surface area (Å²) in [5.74, 6) is 1.05. The molecule has 0 spiro atoms. The lowest BCUT2D eigenvalue weighted by atomic mass is 10.1. The van der Waals surface area contributed by atoms with Crippen molar-refractivity contribution in [1.29, 1.82) is 0 Å². The Hall–Kier alpha value is -2.64. The van der Waals surface area contributed by atoms with Crippen molar-refractivity contribution in [2.24, 2.45) is 0 Å². The quantitative estimate of drug-likeness (QED) is 0.677. The highest BCUT2D eigenvalue weighted by molar-refractivity contribution is 8.19. The van der Waals surface area contributed by atoms with Gasteiger partial charge in [0, 0.05) is 17.2 Å². The van der Waals surface area contributed by atoms with Crippen LogP contribution in [-0.2, 0) is 4.79 Å². The van der Waals surface area contributed by atoms with Gasteiger partial charge in [-0.2, -0.15) is 0 Å². The first-order valence-corrected chi connectivity index (χ1v) is 9.01. The third kappa shape index (κ3) is 3.74. The maximum atomic E-state index is 12.8. The molecule has 0 N–H and O–H groups in total. The van der Waals surface area contributed by atoms with Crippen LogP contribution in [0.2, 0.25) is 5.02 Å². The van der Waals surface area contributed by atoms with Crippen LogP contribution in [0.15, 0.2) is 41.3 Å². The van der Waals surface area contributed by atoms with Gasteiger partial charge < -0.3 is 14.2 Å². The number of anilines is 1. The third-order valence-electron chi connectivity index (χ3n) is 3.91. The molecule has 6 nitrogen and oxygen atoms in total. The van der Waals surface area contributed by atoms with Gasteiger partial charge in [0.05, 0.1) is 37.5 Å². The molecule has 1 fully saturated rings. The van der Waals surface area contributed by atoms with E-state index in [1.165, 1.54) is 21.3 Å². The molecule has 140 valence electrons. The van der Waals surface area contributed by atoms with Crippen LogP contribution >= 0.6 is 23.4 Å². The number of hydrogen-bond donors (Lipinski definition) is 0. The van der Waals surface area contributed by atoms with E-state index in [1.807, 2.05) is 0 Å². The van der Waals surface area contributed by atoms with Crippen molar-refractivity contribution in [3.05, 3.63) is 51.9 Å². The number of amides is 2. The normalized spacial score (nSPS) is 15.4. The molecule has 2 aromatic carbocycles. The Morgan fingerprint density at radius 1 is 0.963 bits per heavy atom. The standard InChI is InChI=1S/C19H16ClNO5S/c1-24-13-8-15(25-2)14(16(9-13)26-3)10-17-18(22)21(19(23)27-17)12-6-4-11(20)5-7-12/h4-10H,1-3H3/b17-10+. The van der Waals surface area contributed by atoms with Crippen LogP contribution in [0.1, 0.15) is 5.56 Å². The van der Waals surface area contributed by atoms with Gasteiger partial charge in [-0.15, -0.1) is 0 Å². The van der Waals surface area contributed by atoms with Crippen LogP contribution < -0.4 is 19.1 Å². The Kier molecular flexibility index (Phi) is 5.62. The molecule has 1 aliphatic rings. The van der Waals surface area contributed by atoms with Gasteiger partial charge in [0.25, 0.3) is 11.1 Å². The average molecular weight is 406 g/mol. The summed E-state index contributed by atoms with van der Waals surface area (Å²) in [6.45, 7) is 0. The van der Waals surface area contributed by atoms with Gasteiger partial charge in [0.15, 0.2) is 0 Å². The van der Waals surface area contributed by atoms with E-state index in [4.69, 9.17) is 25.8 Å². The second-order valence-corrected chi connectivity index (χ2v) is 6.87. The highest BCUT2D eigenvalue weighted by Crippen LogP contribution is 2.40. The van der Waals surface area contributed by atoms with Gasteiger partial charge in [-0.3, -0.25) is 9.59 Å². The largest absolute Gasteiger partial charge is 0.496 e. The molecule has 1 heterocycles. The number of thioether (sulfide) groups is 1. The molecule has 0 bridgehead atoms. The SMILES string of the molecule is COc1cc(OC)c(/C=C2/SC(=O)N(c3ccc(Cl)cc3)C2=O)c(OC)c1. The lowest BCUT2D eigenvalue weighted by molar-refractivity contribution is -0.113. The van der Waals surface area contributed by atoms with Crippen LogP contribution in [0.5, 0.6) is 17.2 Å². The maximum Gasteiger partial charge on any atom is 0.298 e. The fourth-order valence-electron chi connectivity index (χ4n) is 2.59. The zero-order valence-corrected chi connectivity index (χ0v) is 16.4. The van der Waals surface area contributed by atoms with E-state index in [1.54, 1.807) is 42.5 Å². The van der Waals surface area contributed by atoms with Crippen LogP contribution in [0, 0.1) is 0 Å². The van der Waals surface area contributed by atoms with E-state index in [2.05, 4.69) is 0 Å². The molecule has 1 aliphatic heterocycles. The van der Waals surface area contributed by atoms with Gasteiger partial charge >= 0.3 is 0 Å². The van der Waals surface area contributed by atoms with Gasteiger partial charge in [0.2, 0.25) is 0 Å². The lowest BCUT2D eigenvalue weighted by Crippen LogP contribution is -2.27. The molecule has 2 aromatic rings. The molecule has 27 heavy (non-hydrogen) atoms. The molecule has 0 saturated carbocycles. The summed E-state index contributed by atoms with van der Waals surface area (Å²) in [5.41, 5.74) is 1.00. The minimum atomic E-state index is -0.424. The first-order chi connectivity index (χ1) is 13.0. The van der Waals surface area contributed by atoms with E-state index in [0.717, 1.165) is 16.7 Å². The van der Waals surface area contributed by atoms with Gasteiger partial charge in [-0.05, 0) is 42.1 Å². The summed E-state index contributed by atoms with van der Waals surface area (Å²) in [5, 5.41) is 0.133. The molecule has 0 unspecified atom stereocenters. The smallest absolute Gasteiger partial charge is 0.298 e. The Morgan fingerprint density at radius 2 is 1.56 bits per heavy atom. The Bertz CT molecular complexity index is 901. The number of halogens is 1. The molecule has 1 saturated heterocycles. The monoisotopic (exact) mass is 405 g/mol. The van der Waals surface area contributed by atoms with Gasteiger partial charge in [-0.1, -0.05) is 11.6 Å². The van der Waals surface area contributed by atoms with Gasteiger partial charge in [0.1, 0.15) is 17.2 Å². The van der Waals surface area contributed by atoms with Crippen molar-refractivity contribution in [1.82, 2.24) is 0 Å². The highest BCUT2D eigenvalue weighted by Gasteiger charge is 2.36. The Balaban J connectivity index is 2.02. The minimum absolute atomic E-state index is 0.261. The number of hydrogen-bond acceptors (Lipinski definition) is 6. The summed E-state index contributed by atoms with van der Waals surface area (Å²) in [6.07, 6.45) is 1.58. The molecule has 0 aliphatic carbocycles. The van der Waals surface area contributed by atoms with Gasteiger partial charge in [-0.25, -0.2) is 4.90 Å². The van der Waals surface area contributed by atoms with Crippen molar-refractivity contribution < 1.29 is 23.8 Å². The van der Waals surface area contributed by atoms with E-state index in [9.17, 15) is 9.59 Å². The number of carbonyl (C=O) groups excluding carboxylic acids is 2. The number of nitrogens with zero attached hydrogens (tertiary/aromatic N) is 1. The lowest BCUT2D eigenvalue weighted by Gasteiger charge is -2.13. The van der Waals surface area contributed by atoms with Crippen LogP contribution in [-0.4, -0.2) is 32.5 Å². The fourth-order valence-corrected chi connectivity index (χ4v) is 3.54. The predicted molar refractivity (Wildman–Crippen MR) is 106 cm³/mol. The summed E-state index contributed by atoms with van der Waals surface area (Å²) in [6, 6.07) is 9.85. The number of methoxy groups -OCH3 is 3. The second-order valence-electron chi connectivity index (χ2n) is 5.44. The summed E-state index contributed by atoms with van der Waals surface area (Å²) in [7, 11) is 4.54. The molecular formula is C19H16ClNO5S. The van der Waals surface area contributed by atoms with Crippen molar-refractivity contribution in [3.8, 4) is 17.2 Å². The Morgan fingerprint density at radius 3 is 2.07 bits per heavy atom.